The lowest BCUT2D eigenvalue weighted by Crippen LogP contribution is -1.97. The van der Waals surface area contributed by atoms with Crippen molar-refractivity contribution in [2.24, 2.45) is 0 Å². The maximum atomic E-state index is 13.4. The van der Waals surface area contributed by atoms with Crippen molar-refractivity contribution in [1.82, 2.24) is 0 Å². The van der Waals surface area contributed by atoms with E-state index in [4.69, 9.17) is 27.9 Å². The Labute approximate surface area is 115 Å². The quantitative estimate of drug-likeness (QED) is 0.769. The highest BCUT2D eigenvalue weighted by molar-refractivity contribution is 6.42. The summed E-state index contributed by atoms with van der Waals surface area (Å²) in [5.74, 6) is -0.137. The number of benzene rings is 2. The molecule has 0 unspecified atom stereocenters. The van der Waals surface area contributed by atoms with Crippen LogP contribution in [0.1, 0.15) is 11.1 Å². The molecule has 2 rings (SSSR count). The number of aryl methyl sites for hydroxylation is 1. The molecule has 0 aliphatic rings. The maximum Gasteiger partial charge on any atom is 0.165 e. The summed E-state index contributed by atoms with van der Waals surface area (Å²) >= 11 is 11.7. The van der Waals surface area contributed by atoms with Gasteiger partial charge in [0.15, 0.2) is 11.6 Å². The normalized spacial score (nSPS) is 10.4. The molecule has 1 nitrogen and oxygen atoms in total. The number of rotatable bonds is 3. The second-order valence-corrected chi connectivity index (χ2v) is 4.79. The van der Waals surface area contributed by atoms with Gasteiger partial charge < -0.3 is 4.74 Å². The van der Waals surface area contributed by atoms with Gasteiger partial charge in [0.05, 0.1) is 10.0 Å². The molecule has 0 spiro atoms. The highest BCUT2D eigenvalue weighted by atomic mass is 35.5. The van der Waals surface area contributed by atoms with Crippen LogP contribution in [-0.2, 0) is 6.61 Å². The molecular formula is C14H11Cl2FO. The lowest BCUT2D eigenvalue weighted by atomic mass is 10.2. The molecule has 0 saturated heterocycles. The van der Waals surface area contributed by atoms with Crippen molar-refractivity contribution < 1.29 is 9.13 Å². The van der Waals surface area contributed by atoms with E-state index >= 15 is 0 Å². The molecular weight excluding hydrogens is 274 g/mol. The fourth-order valence-electron chi connectivity index (χ4n) is 1.51. The second-order valence-electron chi connectivity index (χ2n) is 3.97. The summed E-state index contributed by atoms with van der Waals surface area (Å²) in [4.78, 5) is 0. The molecule has 0 aromatic heterocycles. The molecule has 4 heteroatoms. The Morgan fingerprint density at radius 1 is 1.06 bits per heavy atom. The first-order chi connectivity index (χ1) is 8.56. The minimum atomic E-state index is -0.374. The number of hydrogen-bond donors (Lipinski definition) is 0. The summed E-state index contributed by atoms with van der Waals surface area (Å²) in [6, 6.07) is 9.93. The predicted molar refractivity (Wildman–Crippen MR) is 71.9 cm³/mol. The summed E-state index contributed by atoms with van der Waals surface area (Å²) in [6.45, 7) is 2.13. The second kappa shape index (κ2) is 5.59. The van der Waals surface area contributed by atoms with Gasteiger partial charge in [0.1, 0.15) is 6.61 Å². The van der Waals surface area contributed by atoms with E-state index in [-0.39, 0.29) is 18.2 Å². The van der Waals surface area contributed by atoms with Gasteiger partial charge >= 0.3 is 0 Å². The average molecular weight is 285 g/mol. The van der Waals surface area contributed by atoms with Gasteiger partial charge in [-0.25, -0.2) is 4.39 Å². The molecule has 0 radical (unpaired) electrons. The molecule has 0 amide bonds. The fourth-order valence-corrected chi connectivity index (χ4v) is 1.83. The molecule has 0 aliphatic carbocycles. The van der Waals surface area contributed by atoms with Crippen molar-refractivity contribution in [3.8, 4) is 5.75 Å². The Hall–Kier alpha value is -1.25. The zero-order valence-corrected chi connectivity index (χ0v) is 11.2. The molecule has 94 valence electrons. The van der Waals surface area contributed by atoms with Crippen molar-refractivity contribution in [1.29, 1.82) is 0 Å². The number of hydrogen-bond acceptors (Lipinski definition) is 1. The first kappa shape index (κ1) is 13.2. The van der Waals surface area contributed by atoms with Gasteiger partial charge in [0, 0.05) is 0 Å². The van der Waals surface area contributed by atoms with Gasteiger partial charge in [-0.2, -0.15) is 0 Å². The van der Waals surface area contributed by atoms with Crippen LogP contribution in [0.15, 0.2) is 36.4 Å². The number of ether oxygens (including phenoxy) is 1. The SMILES string of the molecule is Cc1ccc(F)c(OCc2ccc(Cl)c(Cl)c2)c1. The smallest absolute Gasteiger partial charge is 0.165 e. The van der Waals surface area contributed by atoms with E-state index in [0.717, 1.165) is 11.1 Å². The summed E-state index contributed by atoms with van der Waals surface area (Å²) in [6.07, 6.45) is 0. The monoisotopic (exact) mass is 284 g/mol. The first-order valence-electron chi connectivity index (χ1n) is 5.39. The van der Waals surface area contributed by atoms with E-state index in [1.807, 2.05) is 6.92 Å². The van der Waals surface area contributed by atoms with Crippen molar-refractivity contribution in [2.45, 2.75) is 13.5 Å². The van der Waals surface area contributed by atoms with E-state index in [1.165, 1.54) is 6.07 Å². The molecule has 0 aliphatic heterocycles. The van der Waals surface area contributed by atoms with E-state index in [0.29, 0.717) is 10.0 Å². The Morgan fingerprint density at radius 3 is 2.56 bits per heavy atom. The van der Waals surface area contributed by atoms with Crippen molar-refractivity contribution in [3.63, 3.8) is 0 Å². The fraction of sp³-hybridized carbons (Fsp3) is 0.143. The zero-order valence-electron chi connectivity index (χ0n) is 9.71. The maximum absolute atomic E-state index is 13.4. The van der Waals surface area contributed by atoms with Crippen LogP contribution >= 0.6 is 23.2 Å². The lowest BCUT2D eigenvalue weighted by Gasteiger charge is -2.08. The topological polar surface area (TPSA) is 9.23 Å². The van der Waals surface area contributed by atoms with Gasteiger partial charge in [0.2, 0.25) is 0 Å². The highest BCUT2D eigenvalue weighted by Gasteiger charge is 2.05. The molecule has 2 aromatic carbocycles. The van der Waals surface area contributed by atoms with Crippen LogP contribution in [0.25, 0.3) is 0 Å². The molecule has 0 heterocycles. The first-order valence-corrected chi connectivity index (χ1v) is 6.15. The molecule has 0 atom stereocenters. The van der Waals surface area contributed by atoms with E-state index in [2.05, 4.69) is 0 Å². The van der Waals surface area contributed by atoms with E-state index in [1.54, 1.807) is 30.3 Å². The van der Waals surface area contributed by atoms with Crippen LogP contribution in [0.5, 0.6) is 5.75 Å². The molecule has 18 heavy (non-hydrogen) atoms. The Bertz CT molecular complexity index is 570. The third kappa shape index (κ3) is 3.15. The van der Waals surface area contributed by atoms with Gasteiger partial charge in [-0.05, 0) is 42.3 Å². The minimum absolute atomic E-state index is 0.237. The van der Waals surface area contributed by atoms with E-state index in [9.17, 15) is 4.39 Å². The van der Waals surface area contributed by atoms with Gasteiger partial charge in [-0.3, -0.25) is 0 Å². The third-order valence-electron chi connectivity index (χ3n) is 2.47. The van der Waals surface area contributed by atoms with Crippen LogP contribution in [-0.4, -0.2) is 0 Å². The van der Waals surface area contributed by atoms with Gasteiger partial charge in [-0.15, -0.1) is 0 Å². The van der Waals surface area contributed by atoms with Crippen molar-refractivity contribution in [2.75, 3.05) is 0 Å². The van der Waals surface area contributed by atoms with Crippen LogP contribution in [0.4, 0.5) is 4.39 Å². The highest BCUT2D eigenvalue weighted by Crippen LogP contribution is 2.24. The van der Waals surface area contributed by atoms with E-state index < -0.39 is 0 Å². The van der Waals surface area contributed by atoms with Crippen molar-refractivity contribution >= 4 is 23.2 Å². The predicted octanol–water partition coefficient (Wildman–Crippen LogP) is 5.02. The third-order valence-corrected chi connectivity index (χ3v) is 3.20. The molecule has 0 fully saturated rings. The largest absolute Gasteiger partial charge is 0.486 e. The van der Waals surface area contributed by atoms with Gasteiger partial charge in [-0.1, -0.05) is 35.3 Å². The molecule has 2 aromatic rings. The molecule has 0 N–H and O–H groups in total. The molecule has 0 saturated carbocycles. The Morgan fingerprint density at radius 2 is 1.83 bits per heavy atom. The van der Waals surface area contributed by atoms with Crippen LogP contribution in [0.3, 0.4) is 0 Å². The molecule has 0 bridgehead atoms. The minimum Gasteiger partial charge on any atom is -0.486 e. The van der Waals surface area contributed by atoms with Crippen LogP contribution in [0, 0.1) is 12.7 Å². The summed E-state index contributed by atoms with van der Waals surface area (Å²) < 4.78 is 18.9. The summed E-state index contributed by atoms with van der Waals surface area (Å²) in [5.41, 5.74) is 1.78. The lowest BCUT2D eigenvalue weighted by molar-refractivity contribution is 0.290. The standard InChI is InChI=1S/C14H11Cl2FO/c1-9-2-5-13(17)14(6-9)18-8-10-3-4-11(15)12(16)7-10/h2-7H,8H2,1H3. The van der Waals surface area contributed by atoms with Crippen LogP contribution in [0.2, 0.25) is 10.0 Å². The summed E-state index contributed by atoms with van der Waals surface area (Å²) in [7, 11) is 0. The Kier molecular flexibility index (Phi) is 4.10. The van der Waals surface area contributed by atoms with Gasteiger partial charge in [0.25, 0.3) is 0 Å². The van der Waals surface area contributed by atoms with Crippen molar-refractivity contribution in [3.05, 3.63) is 63.4 Å². The van der Waals surface area contributed by atoms with Crippen LogP contribution < -0.4 is 4.74 Å². The summed E-state index contributed by atoms with van der Waals surface area (Å²) in [5, 5.41) is 0.949. The zero-order chi connectivity index (χ0) is 13.1. The average Bonchev–Trinajstić information content (AvgIpc) is 2.34. The number of halogens is 3. The Balaban J connectivity index is 2.11.